The Morgan fingerprint density at radius 2 is 2.29 bits per heavy atom. The van der Waals surface area contributed by atoms with Gasteiger partial charge < -0.3 is 15.7 Å². The Morgan fingerprint density at radius 1 is 1.59 bits per heavy atom. The standard InChI is InChI=1S/C11H12ClFN2O2/c12-7-1-2-9(8(13)3-7)15-11(4-10(16)17)5-14-6-11/h1-3,14-15H,4-6H2,(H,16,17). The molecule has 1 saturated heterocycles. The van der Waals surface area contributed by atoms with E-state index in [4.69, 9.17) is 16.7 Å². The first-order valence-corrected chi connectivity index (χ1v) is 5.54. The summed E-state index contributed by atoms with van der Waals surface area (Å²) in [5.74, 6) is -1.39. The molecule has 2 rings (SSSR count). The molecule has 1 aliphatic rings. The number of carbonyl (C=O) groups is 1. The summed E-state index contributed by atoms with van der Waals surface area (Å²) < 4.78 is 13.6. The van der Waals surface area contributed by atoms with Gasteiger partial charge in [-0.3, -0.25) is 4.79 Å². The second-order valence-electron chi connectivity index (χ2n) is 4.20. The van der Waals surface area contributed by atoms with E-state index in [1.165, 1.54) is 12.1 Å². The third-order valence-corrected chi connectivity index (χ3v) is 2.98. The van der Waals surface area contributed by atoms with Gasteiger partial charge in [-0.1, -0.05) is 11.6 Å². The first kappa shape index (κ1) is 12.1. The number of hydrogen-bond donors (Lipinski definition) is 3. The maximum absolute atomic E-state index is 13.6. The highest BCUT2D eigenvalue weighted by Gasteiger charge is 2.39. The fourth-order valence-corrected chi connectivity index (χ4v) is 2.01. The minimum atomic E-state index is -0.909. The van der Waals surface area contributed by atoms with E-state index < -0.39 is 17.3 Å². The summed E-state index contributed by atoms with van der Waals surface area (Å²) in [6.45, 7) is 1.00. The number of rotatable bonds is 4. The van der Waals surface area contributed by atoms with Crippen LogP contribution in [-0.2, 0) is 4.79 Å². The van der Waals surface area contributed by atoms with Crippen molar-refractivity contribution in [1.82, 2.24) is 5.32 Å². The van der Waals surface area contributed by atoms with Gasteiger partial charge in [-0.25, -0.2) is 4.39 Å². The lowest BCUT2D eigenvalue weighted by Gasteiger charge is -2.43. The number of nitrogens with one attached hydrogen (secondary N) is 2. The predicted octanol–water partition coefficient (Wildman–Crippen LogP) is 1.71. The van der Waals surface area contributed by atoms with E-state index in [9.17, 15) is 9.18 Å². The van der Waals surface area contributed by atoms with Crippen molar-refractivity contribution in [2.75, 3.05) is 18.4 Å². The third kappa shape index (κ3) is 2.68. The average Bonchev–Trinajstić information content (AvgIpc) is 2.18. The summed E-state index contributed by atoms with van der Waals surface area (Å²) in [5, 5.41) is 15.1. The van der Waals surface area contributed by atoms with Crippen LogP contribution in [0.1, 0.15) is 6.42 Å². The molecule has 6 heteroatoms. The van der Waals surface area contributed by atoms with E-state index in [1.54, 1.807) is 6.07 Å². The van der Waals surface area contributed by atoms with Crippen LogP contribution in [0.15, 0.2) is 18.2 Å². The maximum Gasteiger partial charge on any atom is 0.305 e. The molecule has 0 saturated carbocycles. The fraction of sp³-hybridized carbons (Fsp3) is 0.364. The summed E-state index contributed by atoms with van der Waals surface area (Å²) in [6.07, 6.45) is -0.0535. The van der Waals surface area contributed by atoms with E-state index in [0.717, 1.165) is 0 Å². The molecule has 0 spiro atoms. The predicted molar refractivity (Wildman–Crippen MR) is 62.9 cm³/mol. The molecule has 0 aliphatic carbocycles. The third-order valence-electron chi connectivity index (χ3n) is 2.75. The first-order valence-electron chi connectivity index (χ1n) is 5.17. The Bertz CT molecular complexity index is 449. The number of carboxylic acid groups (broad SMARTS) is 1. The lowest BCUT2D eigenvalue weighted by molar-refractivity contribution is -0.138. The van der Waals surface area contributed by atoms with Gasteiger partial charge in [0.25, 0.3) is 0 Å². The molecule has 0 bridgehead atoms. The van der Waals surface area contributed by atoms with Crippen LogP contribution in [-0.4, -0.2) is 29.7 Å². The largest absolute Gasteiger partial charge is 0.481 e. The number of hydrogen-bond acceptors (Lipinski definition) is 3. The lowest BCUT2D eigenvalue weighted by atomic mass is 9.88. The van der Waals surface area contributed by atoms with Gasteiger partial charge in [-0.15, -0.1) is 0 Å². The van der Waals surface area contributed by atoms with E-state index in [1.807, 2.05) is 0 Å². The normalized spacial score (nSPS) is 17.3. The molecule has 17 heavy (non-hydrogen) atoms. The second kappa shape index (κ2) is 4.50. The Hall–Kier alpha value is -1.33. The van der Waals surface area contributed by atoms with Gasteiger partial charge in [0, 0.05) is 18.1 Å². The molecular formula is C11H12ClFN2O2. The Labute approximate surface area is 103 Å². The van der Waals surface area contributed by atoms with Crippen molar-refractivity contribution in [2.24, 2.45) is 0 Å². The highest BCUT2D eigenvalue weighted by Crippen LogP contribution is 2.26. The van der Waals surface area contributed by atoms with Crippen molar-refractivity contribution in [2.45, 2.75) is 12.0 Å². The van der Waals surface area contributed by atoms with Crippen LogP contribution in [0.4, 0.5) is 10.1 Å². The number of carboxylic acids is 1. The van der Waals surface area contributed by atoms with E-state index in [-0.39, 0.29) is 12.1 Å². The van der Waals surface area contributed by atoms with Crippen LogP contribution in [0.3, 0.4) is 0 Å². The van der Waals surface area contributed by atoms with Crippen molar-refractivity contribution in [3.05, 3.63) is 29.0 Å². The number of halogens is 2. The summed E-state index contributed by atoms with van der Waals surface area (Å²) in [7, 11) is 0. The van der Waals surface area contributed by atoms with Crippen molar-refractivity contribution in [3.63, 3.8) is 0 Å². The Morgan fingerprint density at radius 3 is 2.76 bits per heavy atom. The highest BCUT2D eigenvalue weighted by atomic mass is 35.5. The minimum absolute atomic E-state index is 0.0535. The second-order valence-corrected chi connectivity index (χ2v) is 4.64. The molecular weight excluding hydrogens is 247 g/mol. The number of benzene rings is 1. The Balaban J connectivity index is 2.15. The van der Waals surface area contributed by atoms with Crippen LogP contribution in [0.2, 0.25) is 5.02 Å². The molecule has 0 amide bonds. The van der Waals surface area contributed by atoms with Crippen LogP contribution in [0.25, 0.3) is 0 Å². The molecule has 0 unspecified atom stereocenters. The summed E-state index contributed by atoms with van der Waals surface area (Å²) >= 11 is 5.65. The van der Waals surface area contributed by atoms with Gasteiger partial charge in [0.05, 0.1) is 17.6 Å². The minimum Gasteiger partial charge on any atom is -0.481 e. The molecule has 92 valence electrons. The first-order chi connectivity index (χ1) is 8.01. The number of aliphatic carboxylic acids is 1. The van der Waals surface area contributed by atoms with E-state index >= 15 is 0 Å². The zero-order valence-electron chi connectivity index (χ0n) is 8.96. The van der Waals surface area contributed by atoms with Crippen LogP contribution in [0.5, 0.6) is 0 Å². The summed E-state index contributed by atoms with van der Waals surface area (Å²) in [6, 6.07) is 4.28. The monoisotopic (exact) mass is 258 g/mol. The van der Waals surface area contributed by atoms with Gasteiger partial charge >= 0.3 is 5.97 Å². The molecule has 1 aromatic carbocycles. The fourth-order valence-electron chi connectivity index (χ4n) is 1.85. The van der Waals surface area contributed by atoms with Crippen molar-refractivity contribution in [3.8, 4) is 0 Å². The van der Waals surface area contributed by atoms with Crippen LogP contribution >= 0.6 is 11.6 Å². The van der Waals surface area contributed by atoms with Crippen molar-refractivity contribution < 1.29 is 14.3 Å². The molecule has 0 atom stereocenters. The molecule has 0 radical (unpaired) electrons. The zero-order valence-corrected chi connectivity index (χ0v) is 9.72. The zero-order chi connectivity index (χ0) is 12.5. The molecule has 1 aliphatic heterocycles. The molecule has 0 aromatic heterocycles. The van der Waals surface area contributed by atoms with Crippen molar-refractivity contribution >= 4 is 23.3 Å². The molecule has 1 heterocycles. The quantitative estimate of drug-likeness (QED) is 0.769. The van der Waals surface area contributed by atoms with Gasteiger partial charge in [-0.2, -0.15) is 0 Å². The topological polar surface area (TPSA) is 61.4 Å². The maximum atomic E-state index is 13.6. The van der Waals surface area contributed by atoms with Crippen molar-refractivity contribution in [1.29, 1.82) is 0 Å². The van der Waals surface area contributed by atoms with Gasteiger partial charge in [-0.05, 0) is 18.2 Å². The Kier molecular flexibility index (Phi) is 3.22. The van der Waals surface area contributed by atoms with Gasteiger partial charge in [0.15, 0.2) is 0 Å². The summed E-state index contributed by atoms with van der Waals surface area (Å²) in [5.41, 5.74) is -0.335. The molecule has 1 fully saturated rings. The number of anilines is 1. The highest BCUT2D eigenvalue weighted by molar-refractivity contribution is 6.30. The smallest absolute Gasteiger partial charge is 0.305 e. The molecule has 3 N–H and O–H groups in total. The average molecular weight is 259 g/mol. The lowest BCUT2D eigenvalue weighted by Crippen LogP contribution is -2.65. The molecule has 4 nitrogen and oxygen atoms in total. The van der Waals surface area contributed by atoms with Crippen LogP contribution < -0.4 is 10.6 Å². The molecule has 1 aromatic rings. The van der Waals surface area contributed by atoms with Gasteiger partial charge in [0.1, 0.15) is 5.82 Å². The van der Waals surface area contributed by atoms with Crippen LogP contribution in [0, 0.1) is 5.82 Å². The van der Waals surface area contributed by atoms with E-state index in [0.29, 0.717) is 18.1 Å². The summed E-state index contributed by atoms with van der Waals surface area (Å²) in [4.78, 5) is 10.8. The van der Waals surface area contributed by atoms with E-state index in [2.05, 4.69) is 10.6 Å². The SMILES string of the molecule is O=C(O)CC1(Nc2ccc(Cl)cc2F)CNC1. The van der Waals surface area contributed by atoms with Gasteiger partial charge in [0.2, 0.25) is 0 Å².